The van der Waals surface area contributed by atoms with Crippen molar-refractivity contribution in [2.45, 2.75) is 52.1 Å². The maximum atomic E-state index is 11.5. The predicted molar refractivity (Wildman–Crippen MR) is 81.3 cm³/mol. The fourth-order valence-corrected chi connectivity index (χ4v) is 2.48. The van der Waals surface area contributed by atoms with Gasteiger partial charge in [-0.2, -0.15) is 0 Å². The second-order valence-corrected chi connectivity index (χ2v) is 5.55. The largest absolute Gasteiger partial charge is 0.458 e. The van der Waals surface area contributed by atoms with Crippen molar-refractivity contribution in [3.63, 3.8) is 0 Å². The van der Waals surface area contributed by atoms with Crippen molar-refractivity contribution in [1.82, 2.24) is 0 Å². The van der Waals surface area contributed by atoms with Crippen LogP contribution < -0.4 is 0 Å². The first kappa shape index (κ1) is 16.7. The molecule has 3 heteroatoms. The number of aliphatic hydroxyl groups is 1. The van der Waals surface area contributed by atoms with E-state index in [1.54, 1.807) is 6.08 Å². The fourth-order valence-electron chi connectivity index (χ4n) is 2.48. The van der Waals surface area contributed by atoms with Crippen LogP contribution in [0.15, 0.2) is 36.0 Å². The van der Waals surface area contributed by atoms with Gasteiger partial charge in [-0.05, 0) is 45.6 Å². The summed E-state index contributed by atoms with van der Waals surface area (Å²) < 4.78 is 5.40. The molecule has 112 valence electrons. The summed E-state index contributed by atoms with van der Waals surface area (Å²) >= 11 is 0. The standard InChI is InChI=1S/C17H26O3/c1-4-6-13(2)8-9-15-12-17(19)20-16(15)11-14(3)7-5-10-18/h4,6,11,15-16,18H,1,5,7-10,12H2,2-3H3/b13-6+,14-11+/t15-,16+/m0/s1. The van der Waals surface area contributed by atoms with Gasteiger partial charge in [0, 0.05) is 12.5 Å². The van der Waals surface area contributed by atoms with Gasteiger partial charge in [0.2, 0.25) is 0 Å². The normalized spacial score (nSPS) is 23.9. The Kier molecular flexibility index (Phi) is 7.31. The van der Waals surface area contributed by atoms with Gasteiger partial charge in [0.25, 0.3) is 0 Å². The number of ether oxygens (including phenoxy) is 1. The molecule has 0 spiro atoms. The molecule has 0 aromatic heterocycles. The molecular formula is C17H26O3. The maximum absolute atomic E-state index is 11.5. The lowest BCUT2D eigenvalue weighted by Gasteiger charge is -2.15. The molecule has 0 unspecified atom stereocenters. The molecule has 0 aliphatic carbocycles. The lowest BCUT2D eigenvalue weighted by Crippen LogP contribution is -2.14. The number of hydrogen-bond donors (Lipinski definition) is 1. The zero-order valence-corrected chi connectivity index (χ0v) is 12.6. The Balaban J connectivity index is 2.57. The lowest BCUT2D eigenvalue weighted by molar-refractivity contribution is -0.140. The summed E-state index contributed by atoms with van der Waals surface area (Å²) in [6.45, 7) is 8.00. The van der Waals surface area contributed by atoms with Gasteiger partial charge in [-0.15, -0.1) is 0 Å². The third-order valence-corrected chi connectivity index (χ3v) is 3.65. The van der Waals surface area contributed by atoms with Crippen LogP contribution in [0.25, 0.3) is 0 Å². The average Bonchev–Trinajstić information content (AvgIpc) is 2.74. The molecule has 0 aromatic carbocycles. The highest BCUT2D eigenvalue weighted by Crippen LogP contribution is 2.29. The van der Waals surface area contributed by atoms with E-state index in [4.69, 9.17) is 9.84 Å². The number of carbonyl (C=O) groups is 1. The maximum Gasteiger partial charge on any atom is 0.306 e. The quantitative estimate of drug-likeness (QED) is 0.419. The van der Waals surface area contributed by atoms with Gasteiger partial charge in [0.1, 0.15) is 6.10 Å². The lowest BCUT2D eigenvalue weighted by atomic mass is 9.92. The number of carbonyl (C=O) groups excluding carboxylic acids is 1. The third-order valence-electron chi connectivity index (χ3n) is 3.65. The minimum absolute atomic E-state index is 0.0993. The van der Waals surface area contributed by atoms with Crippen LogP contribution in [0, 0.1) is 5.92 Å². The van der Waals surface area contributed by atoms with E-state index in [0.29, 0.717) is 6.42 Å². The van der Waals surface area contributed by atoms with Crippen molar-refractivity contribution in [2.24, 2.45) is 5.92 Å². The fraction of sp³-hybridized carbons (Fsp3) is 0.588. The average molecular weight is 278 g/mol. The van der Waals surface area contributed by atoms with Gasteiger partial charge < -0.3 is 9.84 Å². The van der Waals surface area contributed by atoms with E-state index in [1.807, 2.05) is 13.0 Å². The van der Waals surface area contributed by atoms with Crippen molar-refractivity contribution in [3.8, 4) is 0 Å². The van der Waals surface area contributed by atoms with Crippen LogP contribution in [0.5, 0.6) is 0 Å². The van der Waals surface area contributed by atoms with Crippen LogP contribution in [0.4, 0.5) is 0 Å². The molecule has 1 aliphatic heterocycles. The van der Waals surface area contributed by atoms with E-state index >= 15 is 0 Å². The second-order valence-electron chi connectivity index (χ2n) is 5.55. The molecule has 1 fully saturated rings. The summed E-state index contributed by atoms with van der Waals surface area (Å²) in [5.74, 6) is 0.163. The number of aliphatic hydroxyl groups excluding tert-OH is 1. The minimum Gasteiger partial charge on any atom is -0.458 e. The zero-order valence-electron chi connectivity index (χ0n) is 12.6. The summed E-state index contributed by atoms with van der Waals surface area (Å²) in [5, 5.41) is 8.84. The highest BCUT2D eigenvalue weighted by atomic mass is 16.5. The molecule has 20 heavy (non-hydrogen) atoms. The van der Waals surface area contributed by atoms with E-state index in [0.717, 1.165) is 25.7 Å². The van der Waals surface area contributed by atoms with Crippen LogP contribution >= 0.6 is 0 Å². The Morgan fingerprint density at radius 1 is 1.40 bits per heavy atom. The van der Waals surface area contributed by atoms with Crippen molar-refractivity contribution < 1.29 is 14.6 Å². The molecule has 0 aromatic rings. The summed E-state index contributed by atoms with van der Waals surface area (Å²) in [6, 6.07) is 0. The highest BCUT2D eigenvalue weighted by molar-refractivity contribution is 5.72. The minimum atomic E-state index is -0.100. The van der Waals surface area contributed by atoms with Gasteiger partial charge in [-0.25, -0.2) is 0 Å². The van der Waals surface area contributed by atoms with Gasteiger partial charge in [0.15, 0.2) is 0 Å². The highest BCUT2D eigenvalue weighted by Gasteiger charge is 2.32. The topological polar surface area (TPSA) is 46.5 Å². The molecule has 3 nitrogen and oxygen atoms in total. The van der Waals surface area contributed by atoms with E-state index in [9.17, 15) is 4.79 Å². The molecule has 2 atom stereocenters. The number of esters is 1. The van der Waals surface area contributed by atoms with Crippen LogP contribution in [0.3, 0.4) is 0 Å². The third kappa shape index (κ3) is 5.74. The molecule has 0 saturated carbocycles. The number of rotatable bonds is 8. The van der Waals surface area contributed by atoms with E-state index in [2.05, 4.69) is 19.6 Å². The first-order valence-corrected chi connectivity index (χ1v) is 7.32. The monoisotopic (exact) mass is 278 g/mol. The van der Waals surface area contributed by atoms with Gasteiger partial charge in [0.05, 0.1) is 6.42 Å². The first-order valence-electron chi connectivity index (χ1n) is 7.32. The van der Waals surface area contributed by atoms with Gasteiger partial charge >= 0.3 is 5.97 Å². The molecule has 1 N–H and O–H groups in total. The molecule has 1 saturated heterocycles. The Hall–Kier alpha value is -1.35. The van der Waals surface area contributed by atoms with E-state index < -0.39 is 0 Å². The van der Waals surface area contributed by atoms with Crippen molar-refractivity contribution in [1.29, 1.82) is 0 Å². The van der Waals surface area contributed by atoms with E-state index in [1.165, 1.54) is 11.1 Å². The van der Waals surface area contributed by atoms with Crippen LogP contribution in [0.2, 0.25) is 0 Å². The van der Waals surface area contributed by atoms with Gasteiger partial charge in [-0.3, -0.25) is 4.79 Å². The van der Waals surface area contributed by atoms with Crippen LogP contribution in [-0.4, -0.2) is 23.8 Å². The van der Waals surface area contributed by atoms with Crippen molar-refractivity contribution in [3.05, 3.63) is 36.0 Å². The smallest absolute Gasteiger partial charge is 0.306 e. The SMILES string of the molecule is C=C/C=C(\C)CC[C@H]1CC(=O)O[C@@H]1/C=C(\C)CCCO. The molecule has 1 rings (SSSR count). The molecule has 0 amide bonds. The summed E-state index contributed by atoms with van der Waals surface area (Å²) in [5.41, 5.74) is 2.46. The summed E-state index contributed by atoms with van der Waals surface area (Å²) in [6.07, 6.45) is 9.80. The zero-order chi connectivity index (χ0) is 15.0. The first-order chi connectivity index (χ1) is 9.56. The van der Waals surface area contributed by atoms with Crippen LogP contribution in [-0.2, 0) is 9.53 Å². The Morgan fingerprint density at radius 2 is 2.15 bits per heavy atom. The molecule has 1 heterocycles. The van der Waals surface area contributed by atoms with Gasteiger partial charge in [-0.1, -0.05) is 29.9 Å². The number of hydrogen-bond acceptors (Lipinski definition) is 3. The Labute approximate surface area is 122 Å². The van der Waals surface area contributed by atoms with Crippen LogP contribution in [0.1, 0.15) is 46.0 Å². The van der Waals surface area contributed by atoms with Crippen molar-refractivity contribution >= 4 is 5.97 Å². The predicted octanol–water partition coefficient (Wildman–Crippen LogP) is 3.55. The van der Waals surface area contributed by atoms with Crippen molar-refractivity contribution in [2.75, 3.05) is 6.61 Å². The number of cyclic esters (lactones) is 1. The Bertz CT molecular complexity index is 393. The molecular weight excluding hydrogens is 252 g/mol. The van der Waals surface area contributed by atoms with E-state index in [-0.39, 0.29) is 24.6 Å². The molecule has 1 aliphatic rings. The second kappa shape index (κ2) is 8.75. The summed E-state index contributed by atoms with van der Waals surface area (Å²) in [4.78, 5) is 11.5. The Morgan fingerprint density at radius 3 is 2.80 bits per heavy atom. The molecule has 0 radical (unpaired) electrons. The number of allylic oxidation sites excluding steroid dienone is 4. The summed E-state index contributed by atoms with van der Waals surface area (Å²) in [7, 11) is 0. The molecule has 0 bridgehead atoms.